The van der Waals surface area contributed by atoms with Crippen molar-refractivity contribution in [2.45, 2.75) is 50.2 Å². The molecule has 0 atom stereocenters. The molecule has 0 N–H and O–H groups in total. The highest BCUT2D eigenvalue weighted by molar-refractivity contribution is 7.99. The van der Waals surface area contributed by atoms with Gasteiger partial charge in [0, 0.05) is 13.1 Å². The van der Waals surface area contributed by atoms with E-state index in [1.165, 1.54) is 28.8 Å². The maximum atomic E-state index is 14.3. The number of aromatic nitrogens is 2. The van der Waals surface area contributed by atoms with Crippen LogP contribution in [0.2, 0.25) is 0 Å². The summed E-state index contributed by atoms with van der Waals surface area (Å²) < 4.78 is 15.7. The van der Waals surface area contributed by atoms with E-state index in [1.807, 2.05) is 18.0 Å². The summed E-state index contributed by atoms with van der Waals surface area (Å²) in [5, 5.41) is 0.843. The molecule has 3 aromatic rings. The van der Waals surface area contributed by atoms with Crippen LogP contribution in [0.1, 0.15) is 37.7 Å². The van der Waals surface area contributed by atoms with Crippen LogP contribution < -0.4 is 5.56 Å². The van der Waals surface area contributed by atoms with Crippen LogP contribution >= 0.6 is 11.8 Å². The van der Waals surface area contributed by atoms with Crippen LogP contribution in [0.5, 0.6) is 0 Å². The van der Waals surface area contributed by atoms with Crippen LogP contribution in [0.3, 0.4) is 0 Å². The molecule has 1 aliphatic rings. The lowest BCUT2D eigenvalue weighted by atomic mass is 9.94. The molecule has 1 amide bonds. The molecule has 5 nitrogen and oxygen atoms in total. The molecule has 31 heavy (non-hydrogen) atoms. The third kappa shape index (κ3) is 4.51. The van der Waals surface area contributed by atoms with Gasteiger partial charge >= 0.3 is 0 Å². The third-order valence-corrected chi connectivity index (χ3v) is 6.92. The lowest BCUT2D eigenvalue weighted by molar-refractivity contribution is -0.129. The molecule has 1 fully saturated rings. The van der Waals surface area contributed by atoms with E-state index in [-0.39, 0.29) is 29.1 Å². The number of halogens is 1. The average molecular weight is 440 g/mol. The molecule has 2 aromatic carbocycles. The summed E-state index contributed by atoms with van der Waals surface area (Å²) in [6, 6.07) is 12.0. The highest BCUT2D eigenvalue weighted by Crippen LogP contribution is 2.25. The van der Waals surface area contributed by atoms with Crippen molar-refractivity contribution < 1.29 is 9.18 Å². The molecule has 0 saturated heterocycles. The number of amides is 1. The first kappa shape index (κ1) is 21.6. The van der Waals surface area contributed by atoms with Crippen LogP contribution in [0.15, 0.2) is 52.4 Å². The molecular weight excluding hydrogens is 413 g/mol. The quantitative estimate of drug-likeness (QED) is 0.427. The first-order valence-corrected chi connectivity index (χ1v) is 11.6. The molecule has 0 aliphatic heterocycles. The van der Waals surface area contributed by atoms with Gasteiger partial charge in [-0.25, -0.2) is 9.37 Å². The topological polar surface area (TPSA) is 55.2 Å². The van der Waals surface area contributed by atoms with Crippen LogP contribution in [0.25, 0.3) is 16.6 Å². The third-order valence-electron chi connectivity index (χ3n) is 6.00. The molecular formula is C24H26FN3O2S. The second-order valence-electron chi connectivity index (χ2n) is 8.07. The van der Waals surface area contributed by atoms with E-state index in [9.17, 15) is 14.0 Å². The number of carbonyl (C=O) groups excluding carboxylic acids is 1. The Bertz CT molecular complexity index is 1170. The molecule has 4 rings (SSSR count). The van der Waals surface area contributed by atoms with E-state index in [2.05, 4.69) is 4.98 Å². The summed E-state index contributed by atoms with van der Waals surface area (Å²) in [5.41, 5.74) is 1.20. The number of nitrogens with zero attached hydrogens (tertiary/aromatic N) is 3. The fourth-order valence-electron chi connectivity index (χ4n) is 4.06. The number of thioether (sulfide) groups is 1. The number of rotatable bonds is 5. The first-order valence-electron chi connectivity index (χ1n) is 10.6. The van der Waals surface area contributed by atoms with Gasteiger partial charge in [-0.15, -0.1) is 0 Å². The first-order chi connectivity index (χ1) is 15.0. The molecule has 1 aliphatic carbocycles. The second-order valence-corrected chi connectivity index (χ2v) is 9.01. The normalized spacial score (nSPS) is 14.7. The van der Waals surface area contributed by atoms with Crippen molar-refractivity contribution >= 4 is 28.6 Å². The van der Waals surface area contributed by atoms with Gasteiger partial charge in [0.1, 0.15) is 5.82 Å². The van der Waals surface area contributed by atoms with E-state index in [4.69, 9.17) is 0 Å². The summed E-state index contributed by atoms with van der Waals surface area (Å²) in [4.78, 5) is 32.6. The maximum absolute atomic E-state index is 14.3. The number of hydrogen-bond donors (Lipinski definition) is 0. The highest BCUT2D eigenvalue weighted by atomic mass is 32.2. The lowest BCUT2D eigenvalue weighted by Gasteiger charge is -2.31. The Kier molecular flexibility index (Phi) is 6.41. The van der Waals surface area contributed by atoms with Gasteiger partial charge in [-0.3, -0.25) is 14.2 Å². The molecule has 0 bridgehead atoms. The fraction of sp³-hybridized carbons (Fsp3) is 0.375. The zero-order valence-electron chi connectivity index (χ0n) is 17.8. The monoisotopic (exact) mass is 439 g/mol. The Labute approximate surface area is 185 Å². The van der Waals surface area contributed by atoms with Gasteiger partial charge in [-0.1, -0.05) is 49.2 Å². The summed E-state index contributed by atoms with van der Waals surface area (Å²) in [6.07, 6.45) is 5.61. The second kappa shape index (κ2) is 9.22. The number of benzene rings is 2. The van der Waals surface area contributed by atoms with E-state index in [0.29, 0.717) is 27.3 Å². The summed E-state index contributed by atoms with van der Waals surface area (Å²) in [6.45, 7) is 1.68. The Balaban J connectivity index is 1.68. The van der Waals surface area contributed by atoms with Crippen molar-refractivity contribution in [2.75, 3.05) is 12.8 Å². The molecule has 162 valence electrons. The Morgan fingerprint density at radius 1 is 1.19 bits per heavy atom. The Morgan fingerprint density at radius 3 is 2.68 bits per heavy atom. The fourth-order valence-corrected chi connectivity index (χ4v) is 4.99. The zero-order chi connectivity index (χ0) is 22.0. The minimum absolute atomic E-state index is 0.0148. The van der Waals surface area contributed by atoms with Gasteiger partial charge in [0.25, 0.3) is 5.56 Å². The van der Waals surface area contributed by atoms with Crippen LogP contribution in [-0.2, 0) is 4.79 Å². The van der Waals surface area contributed by atoms with Gasteiger partial charge in [0.05, 0.1) is 22.3 Å². The van der Waals surface area contributed by atoms with Crippen molar-refractivity contribution in [1.82, 2.24) is 14.5 Å². The standard InChI is InChI=1S/C24H26FN3O2S/c1-16-12-13-18(14-20(16)25)28-23(30)19-10-6-7-11-21(19)26-24(28)31-15-22(29)27(2)17-8-4-3-5-9-17/h6-7,10-14,17H,3-5,8-9,15H2,1-2H3. The van der Waals surface area contributed by atoms with E-state index in [1.54, 1.807) is 37.3 Å². The largest absolute Gasteiger partial charge is 0.342 e. The Hall–Kier alpha value is -2.67. The van der Waals surface area contributed by atoms with Gasteiger partial charge < -0.3 is 4.90 Å². The van der Waals surface area contributed by atoms with Gasteiger partial charge in [0.2, 0.25) is 5.91 Å². The van der Waals surface area contributed by atoms with Crippen LogP contribution in [0.4, 0.5) is 4.39 Å². The smallest absolute Gasteiger partial charge is 0.266 e. The molecule has 0 radical (unpaired) electrons. The van der Waals surface area contributed by atoms with Crippen molar-refractivity contribution in [3.63, 3.8) is 0 Å². The molecule has 7 heteroatoms. The molecule has 1 saturated carbocycles. The Morgan fingerprint density at radius 2 is 1.94 bits per heavy atom. The minimum Gasteiger partial charge on any atom is -0.342 e. The minimum atomic E-state index is -0.387. The number of fused-ring (bicyclic) bond motifs is 1. The van der Waals surface area contributed by atoms with Crippen molar-refractivity contribution in [2.24, 2.45) is 0 Å². The summed E-state index contributed by atoms with van der Waals surface area (Å²) >= 11 is 1.22. The number of aryl methyl sites for hydroxylation is 1. The number of carbonyl (C=O) groups is 1. The zero-order valence-corrected chi connectivity index (χ0v) is 18.6. The van der Waals surface area contributed by atoms with Gasteiger partial charge in [-0.2, -0.15) is 0 Å². The van der Waals surface area contributed by atoms with Crippen molar-refractivity contribution in [1.29, 1.82) is 0 Å². The van der Waals surface area contributed by atoms with Crippen LogP contribution in [-0.4, -0.2) is 39.2 Å². The number of para-hydroxylation sites is 1. The van der Waals surface area contributed by atoms with Crippen LogP contribution in [0, 0.1) is 12.7 Å². The van der Waals surface area contributed by atoms with Gasteiger partial charge in [0.15, 0.2) is 5.16 Å². The van der Waals surface area contributed by atoms with Crippen molar-refractivity contribution in [3.05, 3.63) is 64.2 Å². The lowest BCUT2D eigenvalue weighted by Crippen LogP contribution is -2.39. The maximum Gasteiger partial charge on any atom is 0.266 e. The van der Waals surface area contributed by atoms with E-state index in [0.717, 1.165) is 25.7 Å². The van der Waals surface area contributed by atoms with Gasteiger partial charge in [-0.05, 0) is 49.6 Å². The highest BCUT2D eigenvalue weighted by Gasteiger charge is 2.23. The summed E-state index contributed by atoms with van der Waals surface area (Å²) in [7, 11) is 1.86. The average Bonchev–Trinajstić information content (AvgIpc) is 2.79. The molecule has 0 unspecified atom stereocenters. The number of hydrogen-bond acceptors (Lipinski definition) is 4. The van der Waals surface area contributed by atoms with E-state index >= 15 is 0 Å². The molecule has 0 spiro atoms. The van der Waals surface area contributed by atoms with E-state index < -0.39 is 0 Å². The molecule has 1 heterocycles. The van der Waals surface area contributed by atoms with Crippen molar-refractivity contribution in [3.8, 4) is 5.69 Å². The summed E-state index contributed by atoms with van der Waals surface area (Å²) in [5.74, 6) is -0.200. The SMILES string of the molecule is Cc1ccc(-n2c(SCC(=O)N(C)C3CCCCC3)nc3ccccc3c2=O)cc1F. The predicted octanol–water partition coefficient (Wildman–Crippen LogP) is 4.72. The predicted molar refractivity (Wildman–Crippen MR) is 122 cm³/mol. The molecule has 1 aromatic heterocycles.